The van der Waals surface area contributed by atoms with E-state index in [2.05, 4.69) is 10.6 Å². The molecule has 28 heavy (non-hydrogen) atoms. The lowest BCUT2D eigenvalue weighted by molar-refractivity contribution is 0.0600. The lowest BCUT2D eigenvalue weighted by Crippen LogP contribution is -2.21. The number of carbonyl (C=O) groups excluding carboxylic acids is 2. The van der Waals surface area contributed by atoms with E-state index in [-0.39, 0.29) is 22.1 Å². The first-order chi connectivity index (χ1) is 13.1. The van der Waals surface area contributed by atoms with Gasteiger partial charge in [0.15, 0.2) is 5.11 Å². The topological polar surface area (TPSA) is 108 Å². The minimum atomic E-state index is -1.03. The second-order valence-corrected chi connectivity index (χ2v) is 7.34. The Bertz CT molecular complexity index is 935. The zero-order chi connectivity index (χ0) is 21.0. The maximum absolute atomic E-state index is 12.4. The number of ether oxygens (including phenoxy) is 1. The van der Waals surface area contributed by atoms with Crippen LogP contribution in [0.15, 0.2) is 24.3 Å². The first-order valence-corrected chi connectivity index (χ1v) is 9.22. The summed E-state index contributed by atoms with van der Waals surface area (Å²) in [6, 6.07) is 6.02. The second kappa shape index (κ2) is 8.81. The molecule has 0 atom stereocenters. The average Bonchev–Trinajstić information content (AvgIpc) is 2.96. The van der Waals surface area contributed by atoms with Crippen molar-refractivity contribution >= 4 is 57.2 Å². The summed E-state index contributed by atoms with van der Waals surface area (Å²) in [6.07, 6.45) is 0. The van der Waals surface area contributed by atoms with Crippen LogP contribution >= 0.6 is 23.6 Å². The van der Waals surface area contributed by atoms with Crippen LogP contribution in [0.4, 0.5) is 10.7 Å². The lowest BCUT2D eigenvalue weighted by Gasteiger charge is -2.11. The van der Waals surface area contributed by atoms with Gasteiger partial charge in [-0.2, -0.15) is 0 Å². The number of anilines is 2. The molecule has 0 spiro atoms. The molecule has 8 nitrogen and oxygen atoms in total. The first-order valence-electron chi connectivity index (χ1n) is 8.00. The Morgan fingerprint density at radius 2 is 1.75 bits per heavy atom. The molecule has 0 aliphatic carbocycles. The Morgan fingerprint density at radius 3 is 2.25 bits per heavy atom. The second-order valence-electron chi connectivity index (χ2n) is 5.91. The van der Waals surface area contributed by atoms with Crippen molar-refractivity contribution < 1.29 is 24.2 Å². The third-order valence-corrected chi connectivity index (χ3v) is 5.15. The van der Waals surface area contributed by atoms with Gasteiger partial charge in [-0.25, -0.2) is 9.59 Å². The van der Waals surface area contributed by atoms with Crippen LogP contribution in [0.2, 0.25) is 0 Å². The van der Waals surface area contributed by atoms with E-state index in [4.69, 9.17) is 22.1 Å². The number of carbonyl (C=O) groups is 3. The van der Waals surface area contributed by atoms with Crippen molar-refractivity contribution in [3.05, 3.63) is 45.8 Å². The van der Waals surface area contributed by atoms with Crippen molar-refractivity contribution in [2.45, 2.75) is 6.92 Å². The van der Waals surface area contributed by atoms with Crippen molar-refractivity contribution in [1.29, 1.82) is 0 Å². The summed E-state index contributed by atoms with van der Waals surface area (Å²) < 4.78 is 4.83. The zero-order valence-electron chi connectivity index (χ0n) is 15.7. The Kier molecular flexibility index (Phi) is 6.71. The largest absolute Gasteiger partial charge is 0.478 e. The van der Waals surface area contributed by atoms with Crippen LogP contribution in [-0.4, -0.2) is 54.2 Å². The molecule has 0 aliphatic rings. The van der Waals surface area contributed by atoms with E-state index in [0.717, 1.165) is 11.3 Å². The molecular weight excluding hydrogens is 402 g/mol. The Labute approximate surface area is 171 Å². The minimum Gasteiger partial charge on any atom is -0.478 e. The summed E-state index contributed by atoms with van der Waals surface area (Å²) in [5.41, 5.74) is 1.47. The number of esters is 1. The third kappa shape index (κ3) is 4.65. The number of carboxylic acid groups (broad SMARTS) is 1. The minimum absolute atomic E-state index is 0.151. The lowest BCUT2D eigenvalue weighted by atomic mass is 10.1. The zero-order valence-corrected chi connectivity index (χ0v) is 17.3. The van der Waals surface area contributed by atoms with E-state index < -0.39 is 11.9 Å². The number of rotatable bonds is 5. The number of methoxy groups -OCH3 is 1. The fourth-order valence-corrected chi connectivity index (χ4v) is 3.82. The van der Waals surface area contributed by atoms with Crippen LogP contribution in [0, 0.1) is 6.92 Å². The van der Waals surface area contributed by atoms with Gasteiger partial charge in [0, 0.05) is 19.8 Å². The van der Waals surface area contributed by atoms with E-state index in [9.17, 15) is 14.4 Å². The van der Waals surface area contributed by atoms with Gasteiger partial charge in [-0.15, -0.1) is 11.3 Å². The van der Waals surface area contributed by atoms with Crippen molar-refractivity contribution in [2.24, 2.45) is 0 Å². The standard InChI is InChI=1S/C18H19N3O5S2/c1-9-12(17(25)26-4)14(28-13(9)15(22)21(2)3)20-18(27)19-11-7-5-10(6-8-11)16(23)24/h5-8H,1-4H3,(H,23,24)(H2,19,20,27). The summed E-state index contributed by atoms with van der Waals surface area (Å²) in [5, 5.41) is 15.3. The van der Waals surface area contributed by atoms with Gasteiger partial charge in [0.2, 0.25) is 0 Å². The molecule has 0 aliphatic heterocycles. The summed E-state index contributed by atoms with van der Waals surface area (Å²) in [6.45, 7) is 1.67. The number of carboxylic acids is 1. The van der Waals surface area contributed by atoms with E-state index in [1.165, 1.54) is 24.1 Å². The van der Waals surface area contributed by atoms with Crippen molar-refractivity contribution in [3.8, 4) is 0 Å². The Hall–Kier alpha value is -2.98. The molecule has 3 N–H and O–H groups in total. The molecule has 0 unspecified atom stereocenters. The number of benzene rings is 1. The van der Waals surface area contributed by atoms with Gasteiger partial charge in [-0.05, 0) is 49.0 Å². The summed E-state index contributed by atoms with van der Waals surface area (Å²) >= 11 is 6.38. The van der Waals surface area contributed by atoms with E-state index in [1.807, 2.05) is 0 Å². The molecule has 1 heterocycles. The van der Waals surface area contributed by atoms with E-state index in [1.54, 1.807) is 33.2 Å². The van der Waals surface area contributed by atoms with Crippen LogP contribution < -0.4 is 10.6 Å². The van der Waals surface area contributed by atoms with Crippen LogP contribution in [-0.2, 0) is 4.74 Å². The molecule has 0 fully saturated rings. The molecule has 2 rings (SSSR count). The van der Waals surface area contributed by atoms with E-state index >= 15 is 0 Å². The number of thiophene rings is 1. The Morgan fingerprint density at radius 1 is 1.14 bits per heavy atom. The van der Waals surface area contributed by atoms with Crippen molar-refractivity contribution in [3.63, 3.8) is 0 Å². The van der Waals surface area contributed by atoms with Gasteiger partial charge in [0.1, 0.15) is 5.00 Å². The molecule has 2 aromatic rings. The number of hydrogen-bond donors (Lipinski definition) is 3. The predicted molar refractivity (Wildman–Crippen MR) is 112 cm³/mol. The number of aromatic carboxylic acids is 1. The highest BCUT2D eigenvalue weighted by atomic mass is 32.1. The first kappa shape index (κ1) is 21.3. The Balaban J connectivity index is 2.27. The van der Waals surface area contributed by atoms with Gasteiger partial charge in [-0.3, -0.25) is 4.79 Å². The number of thiocarbonyl (C=S) groups is 1. The van der Waals surface area contributed by atoms with Crippen molar-refractivity contribution in [2.75, 3.05) is 31.8 Å². The molecule has 10 heteroatoms. The van der Waals surface area contributed by atoms with Gasteiger partial charge in [0.05, 0.1) is 23.1 Å². The molecule has 1 aromatic carbocycles. The number of hydrogen-bond acceptors (Lipinski definition) is 6. The maximum Gasteiger partial charge on any atom is 0.341 e. The quantitative estimate of drug-likeness (QED) is 0.499. The van der Waals surface area contributed by atoms with Crippen LogP contribution in [0.25, 0.3) is 0 Å². The highest BCUT2D eigenvalue weighted by Gasteiger charge is 2.26. The van der Waals surface area contributed by atoms with Crippen LogP contribution in [0.3, 0.4) is 0 Å². The van der Waals surface area contributed by atoms with Gasteiger partial charge in [-0.1, -0.05) is 0 Å². The smallest absolute Gasteiger partial charge is 0.341 e. The highest BCUT2D eigenvalue weighted by molar-refractivity contribution is 7.80. The van der Waals surface area contributed by atoms with Gasteiger partial charge < -0.3 is 25.4 Å². The monoisotopic (exact) mass is 421 g/mol. The summed E-state index contributed by atoms with van der Waals surface area (Å²) in [5.74, 6) is -1.84. The fraction of sp³-hybridized carbons (Fsp3) is 0.222. The fourth-order valence-electron chi connectivity index (χ4n) is 2.32. The average molecular weight is 422 g/mol. The third-order valence-electron chi connectivity index (χ3n) is 3.75. The summed E-state index contributed by atoms with van der Waals surface area (Å²) in [7, 11) is 4.51. The van der Waals surface area contributed by atoms with Gasteiger partial charge in [0.25, 0.3) is 5.91 Å². The molecular formula is C18H19N3O5S2. The highest BCUT2D eigenvalue weighted by Crippen LogP contribution is 2.34. The van der Waals surface area contributed by atoms with Crippen LogP contribution in [0.5, 0.6) is 0 Å². The predicted octanol–water partition coefficient (Wildman–Crippen LogP) is 3.05. The summed E-state index contributed by atoms with van der Waals surface area (Å²) in [4.78, 5) is 37.3. The molecule has 0 saturated heterocycles. The van der Waals surface area contributed by atoms with Crippen LogP contribution in [0.1, 0.15) is 36.0 Å². The molecule has 1 amide bonds. The molecule has 0 bridgehead atoms. The molecule has 0 radical (unpaired) electrons. The van der Waals surface area contributed by atoms with Crippen molar-refractivity contribution in [1.82, 2.24) is 4.90 Å². The molecule has 1 aromatic heterocycles. The maximum atomic E-state index is 12.4. The molecule has 148 valence electrons. The van der Waals surface area contributed by atoms with Gasteiger partial charge >= 0.3 is 11.9 Å². The normalized spacial score (nSPS) is 10.1. The number of amides is 1. The number of nitrogens with one attached hydrogen (secondary N) is 2. The number of nitrogens with zero attached hydrogens (tertiary/aromatic N) is 1. The molecule has 0 saturated carbocycles. The van der Waals surface area contributed by atoms with E-state index in [0.29, 0.717) is 21.1 Å². The SMILES string of the molecule is COC(=O)c1c(NC(=S)Nc2ccc(C(=O)O)cc2)sc(C(=O)N(C)C)c1C.